The summed E-state index contributed by atoms with van der Waals surface area (Å²) in [6, 6.07) is 0. The molecule has 0 unspecified atom stereocenters. The molecule has 0 saturated carbocycles. The van der Waals surface area contributed by atoms with Gasteiger partial charge >= 0.3 is 5.97 Å². The van der Waals surface area contributed by atoms with Crippen molar-refractivity contribution in [1.29, 1.82) is 0 Å². The Hall–Kier alpha value is -0.790. The normalized spacial score (nSPS) is 18.2. The number of allylic oxidation sites excluding steroid dienone is 2. The third-order valence-electron chi connectivity index (χ3n) is 3.42. The van der Waals surface area contributed by atoms with Gasteiger partial charge in [-0.2, -0.15) is 0 Å². The van der Waals surface area contributed by atoms with Crippen molar-refractivity contribution in [2.45, 2.75) is 66.7 Å². The van der Waals surface area contributed by atoms with Gasteiger partial charge in [0, 0.05) is 6.42 Å². The van der Waals surface area contributed by atoms with Crippen molar-refractivity contribution in [2.75, 3.05) is 7.11 Å². The standard InChI is InChI=1S/C11H20.C4H8O2/c1-5-10-8-11(3,4)7-6-9(10)2;1-3-4(5)6-2/h5-8H2,1-4H3;3H2,1-2H3. The summed E-state index contributed by atoms with van der Waals surface area (Å²) in [6.45, 7) is 11.1. The lowest BCUT2D eigenvalue weighted by atomic mass is 9.74. The molecule has 17 heavy (non-hydrogen) atoms. The van der Waals surface area contributed by atoms with Crippen LogP contribution < -0.4 is 0 Å². The fourth-order valence-electron chi connectivity index (χ4n) is 2.09. The molecule has 0 atom stereocenters. The predicted molar refractivity (Wildman–Crippen MR) is 72.9 cm³/mol. The van der Waals surface area contributed by atoms with Crippen LogP contribution in [0.15, 0.2) is 11.1 Å². The van der Waals surface area contributed by atoms with E-state index in [1.807, 2.05) is 0 Å². The Morgan fingerprint density at radius 2 is 1.94 bits per heavy atom. The third-order valence-corrected chi connectivity index (χ3v) is 3.42. The SMILES string of the molecule is CCC(=O)OC.CCC1=C(C)CCC(C)(C)C1. The van der Waals surface area contributed by atoms with Crippen LogP contribution in [0.3, 0.4) is 0 Å². The van der Waals surface area contributed by atoms with E-state index in [0.29, 0.717) is 11.8 Å². The molecule has 0 spiro atoms. The van der Waals surface area contributed by atoms with E-state index in [2.05, 4.69) is 32.4 Å². The molecule has 1 aliphatic rings. The number of rotatable bonds is 2. The first-order valence-corrected chi connectivity index (χ1v) is 6.60. The number of methoxy groups -OCH3 is 1. The quantitative estimate of drug-likeness (QED) is 0.525. The Morgan fingerprint density at radius 3 is 2.24 bits per heavy atom. The van der Waals surface area contributed by atoms with Crippen molar-refractivity contribution >= 4 is 5.97 Å². The van der Waals surface area contributed by atoms with Gasteiger partial charge < -0.3 is 4.74 Å². The molecule has 0 radical (unpaired) electrons. The summed E-state index contributed by atoms with van der Waals surface area (Å²) in [5, 5.41) is 0. The van der Waals surface area contributed by atoms with E-state index < -0.39 is 0 Å². The fourth-order valence-corrected chi connectivity index (χ4v) is 2.09. The molecule has 1 aliphatic carbocycles. The lowest BCUT2D eigenvalue weighted by molar-refractivity contribution is -0.140. The molecule has 0 heterocycles. The maximum absolute atomic E-state index is 9.96. The van der Waals surface area contributed by atoms with Crippen LogP contribution in [0.5, 0.6) is 0 Å². The number of esters is 1. The highest BCUT2D eigenvalue weighted by atomic mass is 16.5. The van der Waals surface area contributed by atoms with Crippen molar-refractivity contribution in [1.82, 2.24) is 0 Å². The third kappa shape index (κ3) is 6.50. The molecule has 0 aromatic carbocycles. The first kappa shape index (κ1) is 16.2. The molecule has 0 bridgehead atoms. The Bertz CT molecular complexity index is 269. The average molecular weight is 240 g/mol. The molecule has 2 heteroatoms. The molecule has 0 aliphatic heterocycles. The molecule has 0 aromatic rings. The smallest absolute Gasteiger partial charge is 0.305 e. The second kappa shape index (κ2) is 7.52. The first-order valence-electron chi connectivity index (χ1n) is 6.60. The van der Waals surface area contributed by atoms with E-state index in [1.54, 1.807) is 18.1 Å². The highest BCUT2D eigenvalue weighted by molar-refractivity contribution is 5.68. The summed E-state index contributed by atoms with van der Waals surface area (Å²) < 4.78 is 4.26. The van der Waals surface area contributed by atoms with E-state index in [1.165, 1.54) is 32.8 Å². The van der Waals surface area contributed by atoms with E-state index >= 15 is 0 Å². The minimum absolute atomic E-state index is 0.157. The van der Waals surface area contributed by atoms with Crippen LogP contribution in [0.1, 0.15) is 66.7 Å². The largest absolute Gasteiger partial charge is 0.469 e. The monoisotopic (exact) mass is 240 g/mol. The summed E-state index contributed by atoms with van der Waals surface area (Å²) in [6.07, 6.45) is 5.76. The van der Waals surface area contributed by atoms with Gasteiger partial charge in [0.2, 0.25) is 0 Å². The van der Waals surface area contributed by atoms with Gasteiger partial charge in [0.25, 0.3) is 0 Å². The van der Waals surface area contributed by atoms with Gasteiger partial charge in [0.05, 0.1) is 7.11 Å². The average Bonchev–Trinajstić information content (AvgIpc) is 2.32. The van der Waals surface area contributed by atoms with Crippen molar-refractivity contribution in [3.05, 3.63) is 11.1 Å². The summed E-state index contributed by atoms with van der Waals surface area (Å²) in [7, 11) is 1.38. The lowest BCUT2D eigenvalue weighted by Crippen LogP contribution is -2.17. The highest BCUT2D eigenvalue weighted by Gasteiger charge is 2.24. The molecular formula is C15H28O2. The zero-order valence-corrected chi connectivity index (χ0v) is 12.4. The molecule has 100 valence electrons. The van der Waals surface area contributed by atoms with Gasteiger partial charge in [0.15, 0.2) is 0 Å². The van der Waals surface area contributed by atoms with Gasteiger partial charge in [-0.3, -0.25) is 4.79 Å². The van der Waals surface area contributed by atoms with Crippen molar-refractivity contribution < 1.29 is 9.53 Å². The fraction of sp³-hybridized carbons (Fsp3) is 0.800. The summed E-state index contributed by atoms with van der Waals surface area (Å²) in [4.78, 5) is 9.96. The zero-order valence-electron chi connectivity index (χ0n) is 12.4. The molecule has 2 nitrogen and oxygen atoms in total. The molecule has 1 rings (SSSR count). The van der Waals surface area contributed by atoms with Crippen molar-refractivity contribution in [3.63, 3.8) is 0 Å². The number of ether oxygens (including phenoxy) is 1. The maximum atomic E-state index is 9.96. The van der Waals surface area contributed by atoms with Gasteiger partial charge in [-0.05, 0) is 38.0 Å². The second-order valence-corrected chi connectivity index (χ2v) is 5.51. The zero-order chi connectivity index (χ0) is 13.5. The van der Waals surface area contributed by atoms with E-state index in [9.17, 15) is 4.79 Å². The van der Waals surface area contributed by atoms with Gasteiger partial charge in [0.1, 0.15) is 0 Å². The molecular weight excluding hydrogens is 212 g/mol. The minimum Gasteiger partial charge on any atom is -0.469 e. The van der Waals surface area contributed by atoms with Crippen molar-refractivity contribution in [2.24, 2.45) is 5.41 Å². The van der Waals surface area contributed by atoms with Crippen LogP contribution in [-0.4, -0.2) is 13.1 Å². The maximum Gasteiger partial charge on any atom is 0.305 e. The molecule has 0 N–H and O–H groups in total. The van der Waals surface area contributed by atoms with Crippen LogP contribution in [0.4, 0.5) is 0 Å². The number of carbonyl (C=O) groups excluding carboxylic acids is 1. The van der Waals surface area contributed by atoms with Crippen molar-refractivity contribution in [3.8, 4) is 0 Å². The molecule has 0 saturated heterocycles. The summed E-state index contributed by atoms with van der Waals surface area (Å²) in [5.41, 5.74) is 3.94. The van der Waals surface area contributed by atoms with Crippen LogP contribution >= 0.6 is 0 Å². The van der Waals surface area contributed by atoms with Gasteiger partial charge in [-0.25, -0.2) is 0 Å². The van der Waals surface area contributed by atoms with Gasteiger partial charge in [-0.1, -0.05) is 38.8 Å². The summed E-state index contributed by atoms with van der Waals surface area (Å²) in [5.74, 6) is -0.157. The van der Waals surface area contributed by atoms with Gasteiger partial charge in [-0.15, -0.1) is 0 Å². The number of carbonyl (C=O) groups is 1. The molecule has 0 amide bonds. The highest BCUT2D eigenvalue weighted by Crippen LogP contribution is 2.39. The van der Waals surface area contributed by atoms with Crippen LogP contribution in [0.2, 0.25) is 0 Å². The first-order chi connectivity index (χ1) is 7.86. The Morgan fingerprint density at radius 1 is 1.35 bits per heavy atom. The molecule has 0 fully saturated rings. The van der Waals surface area contributed by atoms with Crippen LogP contribution in [-0.2, 0) is 9.53 Å². The topological polar surface area (TPSA) is 26.3 Å². The van der Waals surface area contributed by atoms with E-state index in [0.717, 1.165) is 0 Å². The predicted octanol–water partition coefficient (Wildman–Crippen LogP) is 4.49. The van der Waals surface area contributed by atoms with E-state index in [-0.39, 0.29) is 5.97 Å². The minimum atomic E-state index is -0.157. The van der Waals surface area contributed by atoms with Crippen LogP contribution in [0.25, 0.3) is 0 Å². The summed E-state index contributed by atoms with van der Waals surface area (Å²) >= 11 is 0. The Balaban J connectivity index is 0.000000366. The van der Waals surface area contributed by atoms with Crippen LogP contribution in [0, 0.1) is 5.41 Å². The Kier molecular flexibility index (Phi) is 7.17. The number of hydrogen-bond acceptors (Lipinski definition) is 2. The lowest BCUT2D eigenvalue weighted by Gasteiger charge is -2.32. The number of hydrogen-bond donors (Lipinski definition) is 0. The van der Waals surface area contributed by atoms with E-state index in [4.69, 9.17) is 0 Å². The second-order valence-electron chi connectivity index (χ2n) is 5.51. The molecule has 0 aromatic heterocycles. The Labute approximate surface area is 106 Å².